The Morgan fingerprint density at radius 2 is 2.12 bits per heavy atom. The first-order valence-electron chi connectivity index (χ1n) is 6.00. The molecular weight excluding hydrogens is 214 g/mol. The van der Waals surface area contributed by atoms with Gasteiger partial charge in [0.05, 0.1) is 0 Å². The van der Waals surface area contributed by atoms with E-state index < -0.39 is 0 Å². The summed E-state index contributed by atoms with van der Waals surface area (Å²) in [5.74, 6) is 0.106. The molecule has 0 aliphatic carbocycles. The van der Waals surface area contributed by atoms with Crippen LogP contribution in [0.15, 0.2) is 30.3 Å². The lowest BCUT2D eigenvalue weighted by Crippen LogP contribution is -2.33. The summed E-state index contributed by atoms with van der Waals surface area (Å²) in [7, 11) is 0. The predicted molar refractivity (Wildman–Crippen MR) is 67.2 cm³/mol. The van der Waals surface area contributed by atoms with Crippen molar-refractivity contribution in [2.45, 2.75) is 24.9 Å². The molecule has 4 N–H and O–H groups in total. The van der Waals surface area contributed by atoms with E-state index in [0.29, 0.717) is 13.0 Å². The van der Waals surface area contributed by atoms with Gasteiger partial charge in [0.25, 0.3) is 0 Å². The largest absolute Gasteiger partial charge is 0.341 e. The van der Waals surface area contributed by atoms with Gasteiger partial charge in [0.2, 0.25) is 5.91 Å². The summed E-state index contributed by atoms with van der Waals surface area (Å²) in [6.45, 7) is 1.43. The Kier molecular flexibility index (Phi) is 3.76. The van der Waals surface area contributed by atoms with E-state index in [0.717, 1.165) is 18.5 Å². The third-order valence-electron chi connectivity index (χ3n) is 3.20. The summed E-state index contributed by atoms with van der Waals surface area (Å²) >= 11 is 0. The summed E-state index contributed by atoms with van der Waals surface area (Å²) in [4.78, 5) is 13.8. The van der Waals surface area contributed by atoms with Crippen LogP contribution in [0.2, 0.25) is 0 Å². The number of amides is 1. The van der Waals surface area contributed by atoms with E-state index in [1.165, 1.54) is 0 Å². The summed E-state index contributed by atoms with van der Waals surface area (Å²) in [6, 6.07) is 9.63. The number of carbonyl (C=O) groups excluding carboxylic acids is 1. The van der Waals surface area contributed by atoms with Gasteiger partial charge in [-0.15, -0.1) is 0 Å². The summed E-state index contributed by atoms with van der Waals surface area (Å²) in [5.41, 5.74) is 12.8. The third kappa shape index (κ3) is 3.05. The molecule has 4 nitrogen and oxygen atoms in total. The number of rotatable bonds is 3. The highest BCUT2D eigenvalue weighted by molar-refractivity contribution is 5.77. The molecular formula is C13H19N3O. The fourth-order valence-electron chi connectivity index (χ4n) is 2.15. The molecule has 1 aromatic carbocycles. The Morgan fingerprint density at radius 3 is 2.71 bits per heavy atom. The van der Waals surface area contributed by atoms with Crippen LogP contribution in [0.4, 0.5) is 0 Å². The van der Waals surface area contributed by atoms with E-state index in [1.807, 2.05) is 35.2 Å². The van der Waals surface area contributed by atoms with Crippen LogP contribution in [0.3, 0.4) is 0 Å². The van der Waals surface area contributed by atoms with E-state index in [2.05, 4.69) is 0 Å². The molecule has 1 fully saturated rings. The Hall–Kier alpha value is -1.39. The summed E-state index contributed by atoms with van der Waals surface area (Å²) < 4.78 is 0. The topological polar surface area (TPSA) is 72.3 Å². The molecule has 1 aliphatic rings. The minimum absolute atomic E-state index is 0.106. The normalized spacial score (nSPS) is 21.5. The zero-order valence-corrected chi connectivity index (χ0v) is 9.88. The van der Waals surface area contributed by atoms with Gasteiger partial charge in [-0.1, -0.05) is 30.3 Å². The van der Waals surface area contributed by atoms with Gasteiger partial charge < -0.3 is 16.4 Å². The predicted octanol–water partition coefficient (Wildman–Crippen LogP) is 0.636. The van der Waals surface area contributed by atoms with E-state index in [1.54, 1.807) is 0 Å². The molecule has 0 aromatic heterocycles. The van der Waals surface area contributed by atoms with Crippen molar-refractivity contribution in [1.29, 1.82) is 0 Å². The van der Waals surface area contributed by atoms with Crippen LogP contribution in [0.1, 0.15) is 24.4 Å². The maximum Gasteiger partial charge on any atom is 0.224 e. The van der Waals surface area contributed by atoms with Gasteiger partial charge in [0, 0.05) is 31.6 Å². The van der Waals surface area contributed by atoms with E-state index in [9.17, 15) is 4.79 Å². The number of nitrogens with zero attached hydrogens (tertiary/aromatic N) is 1. The van der Waals surface area contributed by atoms with Crippen molar-refractivity contribution in [2.75, 3.05) is 13.1 Å². The van der Waals surface area contributed by atoms with E-state index in [4.69, 9.17) is 11.5 Å². The summed E-state index contributed by atoms with van der Waals surface area (Å²) in [5, 5.41) is 0. The molecule has 1 amide bonds. The van der Waals surface area contributed by atoms with Crippen LogP contribution in [0, 0.1) is 0 Å². The van der Waals surface area contributed by atoms with Gasteiger partial charge in [0.15, 0.2) is 0 Å². The molecule has 0 spiro atoms. The molecule has 2 atom stereocenters. The lowest BCUT2D eigenvalue weighted by molar-refractivity contribution is -0.130. The van der Waals surface area contributed by atoms with Gasteiger partial charge >= 0.3 is 0 Å². The number of nitrogens with two attached hydrogens (primary N) is 2. The quantitative estimate of drug-likeness (QED) is 0.804. The van der Waals surface area contributed by atoms with Crippen molar-refractivity contribution < 1.29 is 4.79 Å². The first kappa shape index (κ1) is 12.1. The molecule has 1 aliphatic heterocycles. The Morgan fingerprint density at radius 1 is 1.41 bits per heavy atom. The number of benzene rings is 1. The Balaban J connectivity index is 1.91. The van der Waals surface area contributed by atoms with Crippen molar-refractivity contribution in [3.05, 3.63) is 35.9 Å². The molecule has 0 radical (unpaired) electrons. The van der Waals surface area contributed by atoms with Crippen LogP contribution in [-0.2, 0) is 4.79 Å². The average Bonchev–Trinajstić information content (AvgIpc) is 2.77. The highest BCUT2D eigenvalue weighted by Crippen LogP contribution is 2.16. The number of likely N-dealkylation sites (tertiary alicyclic amines) is 1. The van der Waals surface area contributed by atoms with E-state index in [-0.39, 0.29) is 18.0 Å². The molecule has 0 unspecified atom stereocenters. The highest BCUT2D eigenvalue weighted by Gasteiger charge is 2.24. The highest BCUT2D eigenvalue weighted by atomic mass is 16.2. The maximum atomic E-state index is 12.0. The fourth-order valence-corrected chi connectivity index (χ4v) is 2.15. The molecule has 1 saturated heterocycles. The monoisotopic (exact) mass is 233 g/mol. The number of hydrogen-bond acceptors (Lipinski definition) is 3. The zero-order chi connectivity index (χ0) is 12.3. The average molecular weight is 233 g/mol. The number of carbonyl (C=O) groups is 1. The van der Waals surface area contributed by atoms with Crippen molar-refractivity contribution in [1.82, 2.24) is 4.90 Å². The number of hydrogen-bond donors (Lipinski definition) is 2. The molecule has 1 heterocycles. The molecule has 1 aromatic rings. The first-order chi connectivity index (χ1) is 8.16. The smallest absolute Gasteiger partial charge is 0.224 e. The molecule has 2 rings (SSSR count). The van der Waals surface area contributed by atoms with Gasteiger partial charge in [-0.2, -0.15) is 0 Å². The van der Waals surface area contributed by atoms with Crippen LogP contribution < -0.4 is 11.5 Å². The minimum Gasteiger partial charge on any atom is -0.341 e. The molecule has 17 heavy (non-hydrogen) atoms. The fraction of sp³-hybridized carbons (Fsp3) is 0.462. The van der Waals surface area contributed by atoms with Crippen LogP contribution in [0.25, 0.3) is 0 Å². The van der Waals surface area contributed by atoms with Crippen molar-refractivity contribution in [3.63, 3.8) is 0 Å². The summed E-state index contributed by atoms with van der Waals surface area (Å²) in [6.07, 6.45) is 1.25. The van der Waals surface area contributed by atoms with Crippen LogP contribution in [0.5, 0.6) is 0 Å². The van der Waals surface area contributed by atoms with Gasteiger partial charge in [0.1, 0.15) is 0 Å². The molecule has 0 bridgehead atoms. The van der Waals surface area contributed by atoms with Gasteiger partial charge in [-0.25, -0.2) is 0 Å². The Labute approximate surface area is 102 Å². The van der Waals surface area contributed by atoms with Crippen molar-refractivity contribution >= 4 is 5.91 Å². The molecule has 0 saturated carbocycles. The second kappa shape index (κ2) is 5.29. The van der Waals surface area contributed by atoms with Gasteiger partial charge in [-0.05, 0) is 12.0 Å². The zero-order valence-electron chi connectivity index (χ0n) is 9.88. The van der Waals surface area contributed by atoms with E-state index >= 15 is 0 Å². The molecule has 92 valence electrons. The second-order valence-corrected chi connectivity index (χ2v) is 4.61. The lowest BCUT2D eigenvalue weighted by Gasteiger charge is -2.18. The SMILES string of the molecule is N[C@H]1CCN(C(=O)C[C@H](N)c2ccccc2)C1. The Bertz CT molecular complexity index is 380. The maximum absolute atomic E-state index is 12.0. The second-order valence-electron chi connectivity index (χ2n) is 4.61. The minimum atomic E-state index is -0.222. The van der Waals surface area contributed by atoms with Crippen LogP contribution in [-0.4, -0.2) is 29.9 Å². The third-order valence-corrected chi connectivity index (χ3v) is 3.20. The standard InChI is InChI=1S/C13H19N3O/c14-11-6-7-16(9-11)13(17)8-12(15)10-4-2-1-3-5-10/h1-5,11-12H,6-9,14-15H2/t11-,12-/m0/s1. The van der Waals surface area contributed by atoms with Gasteiger partial charge in [-0.3, -0.25) is 4.79 Å². The first-order valence-corrected chi connectivity index (χ1v) is 6.00. The lowest BCUT2D eigenvalue weighted by atomic mass is 10.0. The van der Waals surface area contributed by atoms with Crippen molar-refractivity contribution in [3.8, 4) is 0 Å². The molecule has 4 heteroatoms. The van der Waals surface area contributed by atoms with Crippen LogP contribution >= 0.6 is 0 Å². The van der Waals surface area contributed by atoms with Crippen molar-refractivity contribution in [2.24, 2.45) is 11.5 Å².